The summed E-state index contributed by atoms with van der Waals surface area (Å²) in [6.07, 6.45) is 0. The van der Waals surface area contributed by atoms with Gasteiger partial charge in [-0.1, -0.05) is 36.4 Å². The van der Waals surface area contributed by atoms with E-state index < -0.39 is 0 Å². The molecule has 0 fully saturated rings. The van der Waals surface area contributed by atoms with E-state index in [1.165, 1.54) is 16.7 Å². The molecular formula is C26H31NO3S3. The maximum absolute atomic E-state index is 6.41. The average molecular weight is 502 g/mol. The summed E-state index contributed by atoms with van der Waals surface area (Å²) in [5.74, 6) is 5.26. The van der Waals surface area contributed by atoms with Gasteiger partial charge in [-0.05, 0) is 53.1 Å². The van der Waals surface area contributed by atoms with Gasteiger partial charge in [-0.2, -0.15) is 0 Å². The predicted octanol–water partition coefficient (Wildman–Crippen LogP) is 6.42. The van der Waals surface area contributed by atoms with Crippen molar-refractivity contribution in [2.45, 2.75) is 20.7 Å². The molecule has 3 rings (SSSR count). The van der Waals surface area contributed by atoms with Crippen molar-refractivity contribution in [3.63, 3.8) is 0 Å². The van der Waals surface area contributed by atoms with Crippen molar-refractivity contribution in [3.8, 4) is 17.2 Å². The first-order valence-corrected chi connectivity index (χ1v) is 13.6. The number of benzene rings is 3. The second-order valence-electron chi connectivity index (χ2n) is 7.30. The van der Waals surface area contributed by atoms with Gasteiger partial charge in [-0.15, -0.1) is 35.3 Å². The van der Waals surface area contributed by atoms with Gasteiger partial charge in [0.15, 0.2) is 0 Å². The molecule has 4 nitrogen and oxygen atoms in total. The van der Waals surface area contributed by atoms with Gasteiger partial charge >= 0.3 is 0 Å². The molecule has 0 aliphatic rings. The molecule has 3 aromatic carbocycles. The highest BCUT2D eigenvalue weighted by Gasteiger charge is 2.31. The molecule has 0 atom stereocenters. The molecule has 0 aliphatic carbocycles. The lowest BCUT2D eigenvalue weighted by atomic mass is 10.2. The van der Waals surface area contributed by atoms with E-state index in [2.05, 4.69) is 36.4 Å². The van der Waals surface area contributed by atoms with Crippen LogP contribution in [0.3, 0.4) is 0 Å². The Morgan fingerprint density at radius 2 is 0.818 bits per heavy atom. The summed E-state index contributed by atoms with van der Waals surface area (Å²) in [7, 11) is 5.07. The quantitative estimate of drug-likeness (QED) is 0.271. The third-order valence-corrected chi connectivity index (χ3v) is 10.5. The van der Waals surface area contributed by atoms with Crippen molar-refractivity contribution in [1.29, 1.82) is 0 Å². The summed E-state index contributed by atoms with van der Waals surface area (Å²) in [4.78, 5) is 0. The fraction of sp³-hybridized carbons (Fsp3) is 0.308. The van der Waals surface area contributed by atoms with E-state index in [1.54, 1.807) is 21.3 Å². The molecule has 3 aromatic rings. The van der Waals surface area contributed by atoms with Crippen LogP contribution in [-0.4, -0.2) is 31.3 Å². The molecule has 0 amide bonds. The molecule has 7 heteroatoms. The number of nitrogens with two attached hydrogens (primary N) is 1. The molecule has 0 aliphatic heterocycles. The maximum Gasteiger partial charge on any atom is 0.120 e. The Balaban J connectivity index is 1.71. The molecule has 0 heterocycles. The molecule has 0 radical (unpaired) electrons. The smallest absolute Gasteiger partial charge is 0.120 e. The lowest BCUT2D eigenvalue weighted by Crippen LogP contribution is -2.28. The van der Waals surface area contributed by atoms with Crippen molar-refractivity contribution in [3.05, 3.63) is 89.5 Å². The Kier molecular flexibility index (Phi) is 10.2. The Morgan fingerprint density at radius 3 is 1.03 bits per heavy atom. The SMILES string of the molecule is COc1ccc(CSC(CN)(SCc2ccc(OC)cc2)SCc2ccc(OC)cc2)cc1. The van der Waals surface area contributed by atoms with Crippen molar-refractivity contribution < 1.29 is 14.2 Å². The summed E-state index contributed by atoms with van der Waals surface area (Å²) in [6, 6.07) is 24.8. The van der Waals surface area contributed by atoms with Crippen LogP contribution in [0.4, 0.5) is 0 Å². The highest BCUT2D eigenvalue weighted by atomic mass is 32.3. The van der Waals surface area contributed by atoms with E-state index in [0.29, 0.717) is 6.54 Å². The van der Waals surface area contributed by atoms with E-state index in [9.17, 15) is 0 Å². The van der Waals surface area contributed by atoms with Crippen LogP contribution in [0, 0.1) is 0 Å². The van der Waals surface area contributed by atoms with E-state index in [4.69, 9.17) is 19.9 Å². The number of ether oxygens (including phenoxy) is 3. The highest BCUT2D eigenvalue weighted by Crippen LogP contribution is 2.50. The van der Waals surface area contributed by atoms with Crippen LogP contribution in [0.1, 0.15) is 16.7 Å². The van der Waals surface area contributed by atoms with Gasteiger partial charge in [0.05, 0.1) is 21.3 Å². The van der Waals surface area contributed by atoms with E-state index >= 15 is 0 Å². The number of hydrogen-bond acceptors (Lipinski definition) is 7. The van der Waals surface area contributed by atoms with E-state index in [1.807, 2.05) is 71.7 Å². The maximum atomic E-state index is 6.41. The molecule has 0 spiro atoms. The van der Waals surface area contributed by atoms with Crippen LogP contribution in [0.2, 0.25) is 0 Å². The van der Waals surface area contributed by atoms with Crippen LogP contribution < -0.4 is 19.9 Å². The molecule has 33 heavy (non-hydrogen) atoms. The molecule has 0 unspecified atom stereocenters. The van der Waals surface area contributed by atoms with Crippen LogP contribution in [0.15, 0.2) is 72.8 Å². The fourth-order valence-electron chi connectivity index (χ4n) is 3.05. The monoisotopic (exact) mass is 501 g/mol. The minimum atomic E-state index is -0.181. The first kappa shape index (κ1) is 25.7. The fourth-order valence-corrected chi connectivity index (χ4v) is 7.20. The van der Waals surface area contributed by atoms with Gasteiger partial charge in [0.1, 0.15) is 20.7 Å². The Bertz CT molecular complexity index is 838. The van der Waals surface area contributed by atoms with Crippen LogP contribution in [0.5, 0.6) is 17.2 Å². The van der Waals surface area contributed by atoms with Gasteiger partial charge < -0.3 is 19.9 Å². The lowest BCUT2D eigenvalue weighted by molar-refractivity contribution is 0.414. The average Bonchev–Trinajstić information content (AvgIpc) is 2.89. The molecule has 0 saturated heterocycles. The number of thioether (sulfide) groups is 3. The van der Waals surface area contributed by atoms with E-state index in [0.717, 1.165) is 34.5 Å². The molecule has 0 saturated carbocycles. The Hall–Kier alpha value is -1.93. The van der Waals surface area contributed by atoms with Crippen LogP contribution in [0.25, 0.3) is 0 Å². The number of rotatable bonds is 13. The van der Waals surface area contributed by atoms with Gasteiger partial charge in [-0.25, -0.2) is 0 Å². The minimum absolute atomic E-state index is 0.181. The Morgan fingerprint density at radius 1 is 0.545 bits per heavy atom. The largest absolute Gasteiger partial charge is 0.497 e. The van der Waals surface area contributed by atoms with Crippen molar-refractivity contribution in [2.75, 3.05) is 27.9 Å². The third-order valence-electron chi connectivity index (χ3n) is 5.10. The third kappa shape index (κ3) is 7.81. The molecule has 0 aromatic heterocycles. The molecule has 2 N–H and O–H groups in total. The van der Waals surface area contributed by atoms with Crippen molar-refractivity contribution in [2.24, 2.45) is 5.73 Å². The molecule has 0 bridgehead atoms. The van der Waals surface area contributed by atoms with Gasteiger partial charge in [0.25, 0.3) is 0 Å². The summed E-state index contributed by atoms with van der Waals surface area (Å²) in [5.41, 5.74) is 10.2. The van der Waals surface area contributed by atoms with Gasteiger partial charge in [-0.3, -0.25) is 0 Å². The van der Waals surface area contributed by atoms with Crippen LogP contribution >= 0.6 is 35.3 Å². The second kappa shape index (κ2) is 13.1. The van der Waals surface area contributed by atoms with E-state index in [-0.39, 0.29) is 3.41 Å². The van der Waals surface area contributed by atoms with Gasteiger partial charge in [0, 0.05) is 23.8 Å². The zero-order valence-electron chi connectivity index (χ0n) is 19.3. The minimum Gasteiger partial charge on any atom is -0.497 e. The summed E-state index contributed by atoms with van der Waals surface area (Å²) in [6.45, 7) is 0.565. The first-order valence-electron chi connectivity index (χ1n) is 10.6. The number of methoxy groups -OCH3 is 3. The topological polar surface area (TPSA) is 53.7 Å². The normalized spacial score (nSPS) is 11.3. The zero-order valence-corrected chi connectivity index (χ0v) is 21.7. The second-order valence-corrected chi connectivity index (χ2v) is 11.9. The zero-order chi connectivity index (χ0) is 23.5. The summed E-state index contributed by atoms with van der Waals surface area (Å²) < 4.78 is 15.7. The highest BCUT2D eigenvalue weighted by molar-refractivity contribution is 8.33. The summed E-state index contributed by atoms with van der Waals surface area (Å²) >= 11 is 5.70. The molecule has 176 valence electrons. The summed E-state index contributed by atoms with van der Waals surface area (Å²) in [5, 5.41) is 0. The Labute approximate surface area is 210 Å². The van der Waals surface area contributed by atoms with Crippen molar-refractivity contribution in [1.82, 2.24) is 0 Å². The lowest BCUT2D eigenvalue weighted by Gasteiger charge is -2.31. The van der Waals surface area contributed by atoms with Crippen LogP contribution in [-0.2, 0) is 17.3 Å². The standard InChI is InChI=1S/C26H31NO3S3/c1-28-23-10-4-20(5-11-23)16-31-26(19-27,32-17-21-6-12-24(29-2)13-7-21)33-18-22-8-14-25(30-3)15-9-22/h4-15H,16-19,27H2,1-3H3. The van der Waals surface area contributed by atoms with Crippen molar-refractivity contribution >= 4 is 35.3 Å². The predicted molar refractivity (Wildman–Crippen MR) is 145 cm³/mol. The first-order chi connectivity index (χ1) is 16.1. The number of hydrogen-bond donors (Lipinski definition) is 1. The molecular weight excluding hydrogens is 470 g/mol. The van der Waals surface area contributed by atoms with Gasteiger partial charge in [0.2, 0.25) is 0 Å².